The van der Waals surface area contributed by atoms with Crippen molar-refractivity contribution in [1.82, 2.24) is 0 Å². The van der Waals surface area contributed by atoms with Crippen LogP contribution in [0.3, 0.4) is 0 Å². The van der Waals surface area contributed by atoms with Crippen LogP contribution in [-0.2, 0) is 0 Å². The van der Waals surface area contributed by atoms with Crippen LogP contribution in [0.5, 0.6) is 0 Å². The monoisotopic (exact) mass is 284 g/mol. The van der Waals surface area contributed by atoms with Crippen molar-refractivity contribution in [3.05, 3.63) is 41.0 Å². The predicted molar refractivity (Wildman–Crippen MR) is 82.5 cm³/mol. The Balaban J connectivity index is 2.27. The van der Waals surface area contributed by atoms with E-state index in [1.807, 2.05) is 0 Å². The summed E-state index contributed by atoms with van der Waals surface area (Å²) in [6.07, 6.45) is 3.19. The number of carbonyl (C=O) groups is 1. The lowest BCUT2D eigenvalue weighted by molar-refractivity contribution is 0.0697. The van der Waals surface area contributed by atoms with E-state index in [2.05, 4.69) is 37.8 Å². The van der Waals surface area contributed by atoms with E-state index in [-0.39, 0.29) is 11.0 Å². The molecule has 110 valence electrons. The van der Waals surface area contributed by atoms with Crippen molar-refractivity contribution < 1.29 is 9.90 Å². The van der Waals surface area contributed by atoms with Gasteiger partial charge in [-0.3, -0.25) is 0 Å². The van der Waals surface area contributed by atoms with Crippen molar-refractivity contribution in [2.75, 3.05) is 18.0 Å². The Morgan fingerprint density at radius 1 is 1.38 bits per heavy atom. The molecule has 0 bridgehead atoms. The van der Waals surface area contributed by atoms with Gasteiger partial charge in [-0.1, -0.05) is 32.4 Å². The number of aromatic carboxylic acids is 1. The zero-order valence-corrected chi connectivity index (χ0v) is 12.7. The van der Waals surface area contributed by atoms with Gasteiger partial charge in [-0.2, -0.15) is 5.26 Å². The Labute approximate surface area is 125 Å². The standard InChI is InChI=1S/C17H20N2O2/c1-17(2,3)14-6-8-19(9-7-14)15-5-4-12(16(20)21)10-13(15)11-18/h4-6,10H,7-9H2,1-3H3,(H,20,21). The van der Waals surface area contributed by atoms with Crippen molar-refractivity contribution in [3.8, 4) is 6.07 Å². The number of carboxylic acids is 1. The fourth-order valence-electron chi connectivity index (χ4n) is 2.60. The minimum atomic E-state index is -1.01. The molecule has 0 spiro atoms. The minimum Gasteiger partial charge on any atom is -0.478 e. The highest BCUT2D eigenvalue weighted by Crippen LogP contribution is 2.32. The van der Waals surface area contributed by atoms with Crippen molar-refractivity contribution >= 4 is 11.7 Å². The second-order valence-electron chi connectivity index (χ2n) is 6.32. The molecule has 2 rings (SSSR count). The third-order valence-electron chi connectivity index (χ3n) is 3.88. The van der Waals surface area contributed by atoms with Gasteiger partial charge in [0.15, 0.2) is 0 Å². The van der Waals surface area contributed by atoms with Crippen LogP contribution in [0.15, 0.2) is 29.8 Å². The van der Waals surface area contributed by atoms with Gasteiger partial charge < -0.3 is 10.0 Å². The molecule has 1 aliphatic heterocycles. The molecule has 1 aliphatic rings. The summed E-state index contributed by atoms with van der Waals surface area (Å²) in [5.74, 6) is -1.01. The van der Waals surface area contributed by atoms with Crippen molar-refractivity contribution in [2.45, 2.75) is 27.2 Å². The lowest BCUT2D eigenvalue weighted by atomic mass is 9.83. The minimum absolute atomic E-state index is 0.151. The first-order valence-corrected chi connectivity index (χ1v) is 7.05. The van der Waals surface area contributed by atoms with Crippen LogP contribution >= 0.6 is 0 Å². The zero-order valence-electron chi connectivity index (χ0n) is 12.7. The van der Waals surface area contributed by atoms with E-state index < -0.39 is 5.97 Å². The molecule has 1 N–H and O–H groups in total. The lowest BCUT2D eigenvalue weighted by Gasteiger charge is -2.33. The number of anilines is 1. The molecule has 0 amide bonds. The van der Waals surface area contributed by atoms with Crippen LogP contribution < -0.4 is 4.90 Å². The number of carboxylic acid groups (broad SMARTS) is 1. The molecular formula is C17H20N2O2. The summed E-state index contributed by atoms with van der Waals surface area (Å²) >= 11 is 0. The first-order chi connectivity index (χ1) is 9.82. The summed E-state index contributed by atoms with van der Waals surface area (Å²) in [7, 11) is 0. The quantitative estimate of drug-likeness (QED) is 0.845. The highest BCUT2D eigenvalue weighted by Gasteiger charge is 2.22. The molecule has 0 unspecified atom stereocenters. The van der Waals surface area contributed by atoms with Gasteiger partial charge in [0.25, 0.3) is 0 Å². The van der Waals surface area contributed by atoms with Gasteiger partial charge in [0.2, 0.25) is 0 Å². The normalized spacial score (nSPS) is 15.3. The number of rotatable bonds is 2. The average Bonchev–Trinajstić information content (AvgIpc) is 2.45. The van der Waals surface area contributed by atoms with Crippen LogP contribution in [0.1, 0.15) is 43.1 Å². The lowest BCUT2D eigenvalue weighted by Crippen LogP contribution is -2.31. The van der Waals surface area contributed by atoms with E-state index in [0.717, 1.165) is 25.2 Å². The maximum atomic E-state index is 11.0. The van der Waals surface area contributed by atoms with Gasteiger partial charge in [-0.05, 0) is 30.0 Å². The Hall–Kier alpha value is -2.28. The molecule has 21 heavy (non-hydrogen) atoms. The Morgan fingerprint density at radius 2 is 2.10 bits per heavy atom. The van der Waals surface area contributed by atoms with Crippen LogP contribution in [0.25, 0.3) is 0 Å². The number of benzene rings is 1. The number of nitriles is 1. The second-order valence-corrected chi connectivity index (χ2v) is 6.32. The molecule has 4 nitrogen and oxygen atoms in total. The fourth-order valence-corrected chi connectivity index (χ4v) is 2.60. The van der Waals surface area contributed by atoms with Crippen LogP contribution in [-0.4, -0.2) is 24.2 Å². The summed E-state index contributed by atoms with van der Waals surface area (Å²) in [5, 5.41) is 18.2. The molecule has 4 heteroatoms. The Kier molecular flexibility index (Phi) is 4.04. The SMILES string of the molecule is CC(C)(C)C1=CCN(c2ccc(C(=O)O)cc2C#N)CC1. The molecule has 0 aromatic heterocycles. The molecule has 0 saturated heterocycles. The van der Waals surface area contributed by atoms with Gasteiger partial charge in [-0.25, -0.2) is 4.79 Å². The molecule has 1 aromatic carbocycles. The van der Waals surface area contributed by atoms with E-state index in [1.54, 1.807) is 12.1 Å². The molecule has 0 fully saturated rings. The van der Waals surface area contributed by atoms with Crippen molar-refractivity contribution in [1.29, 1.82) is 5.26 Å². The van der Waals surface area contributed by atoms with E-state index in [0.29, 0.717) is 5.56 Å². The molecule has 0 radical (unpaired) electrons. The highest BCUT2D eigenvalue weighted by atomic mass is 16.4. The maximum absolute atomic E-state index is 11.0. The van der Waals surface area contributed by atoms with Gasteiger partial charge in [0, 0.05) is 13.1 Å². The fraction of sp³-hybridized carbons (Fsp3) is 0.412. The number of hydrogen-bond acceptors (Lipinski definition) is 3. The first-order valence-electron chi connectivity index (χ1n) is 7.05. The highest BCUT2D eigenvalue weighted by molar-refractivity contribution is 5.89. The van der Waals surface area contributed by atoms with E-state index >= 15 is 0 Å². The summed E-state index contributed by atoms with van der Waals surface area (Å²) in [5.41, 5.74) is 2.99. The topological polar surface area (TPSA) is 64.3 Å². The first kappa shape index (κ1) is 15.1. The van der Waals surface area contributed by atoms with E-state index in [9.17, 15) is 10.1 Å². The Morgan fingerprint density at radius 3 is 2.57 bits per heavy atom. The maximum Gasteiger partial charge on any atom is 0.335 e. The molecular weight excluding hydrogens is 264 g/mol. The van der Waals surface area contributed by atoms with Crippen LogP contribution in [0.4, 0.5) is 5.69 Å². The molecule has 0 aliphatic carbocycles. The van der Waals surface area contributed by atoms with Gasteiger partial charge in [0.05, 0.1) is 16.8 Å². The summed E-state index contributed by atoms with van der Waals surface area (Å²) in [4.78, 5) is 13.1. The zero-order chi connectivity index (χ0) is 15.6. The third kappa shape index (κ3) is 3.25. The van der Waals surface area contributed by atoms with E-state index in [4.69, 9.17) is 5.11 Å². The predicted octanol–water partition coefficient (Wildman–Crippen LogP) is 3.44. The summed E-state index contributed by atoms with van der Waals surface area (Å²) in [6.45, 7) is 8.22. The largest absolute Gasteiger partial charge is 0.478 e. The van der Waals surface area contributed by atoms with Crippen LogP contribution in [0.2, 0.25) is 0 Å². The molecule has 0 atom stereocenters. The molecule has 0 saturated carbocycles. The average molecular weight is 284 g/mol. The van der Waals surface area contributed by atoms with Crippen LogP contribution in [0, 0.1) is 16.7 Å². The van der Waals surface area contributed by atoms with Crippen molar-refractivity contribution in [3.63, 3.8) is 0 Å². The third-order valence-corrected chi connectivity index (χ3v) is 3.88. The smallest absolute Gasteiger partial charge is 0.335 e. The van der Waals surface area contributed by atoms with E-state index in [1.165, 1.54) is 11.6 Å². The van der Waals surface area contributed by atoms with Gasteiger partial charge in [0.1, 0.15) is 6.07 Å². The second kappa shape index (κ2) is 5.61. The summed E-state index contributed by atoms with van der Waals surface area (Å²) in [6, 6.07) is 6.84. The van der Waals surface area contributed by atoms with Gasteiger partial charge >= 0.3 is 5.97 Å². The molecule has 1 heterocycles. The summed E-state index contributed by atoms with van der Waals surface area (Å²) < 4.78 is 0. The number of nitrogens with zero attached hydrogens (tertiary/aromatic N) is 2. The Bertz CT molecular complexity index is 633. The van der Waals surface area contributed by atoms with Gasteiger partial charge in [-0.15, -0.1) is 0 Å². The van der Waals surface area contributed by atoms with Crippen molar-refractivity contribution in [2.24, 2.45) is 5.41 Å². The molecule has 1 aromatic rings. The number of hydrogen-bond donors (Lipinski definition) is 1.